The fourth-order valence-electron chi connectivity index (χ4n) is 1.25. The van der Waals surface area contributed by atoms with Crippen molar-refractivity contribution >= 4 is 16.9 Å². The van der Waals surface area contributed by atoms with Gasteiger partial charge in [-0.25, -0.2) is 9.97 Å². The summed E-state index contributed by atoms with van der Waals surface area (Å²) < 4.78 is 5.15. The van der Waals surface area contributed by atoms with Crippen molar-refractivity contribution in [1.82, 2.24) is 9.97 Å². The Kier molecular flexibility index (Phi) is 2.64. The number of aliphatic hydroxyl groups is 1. The Balaban J connectivity index is 2.43. The minimum atomic E-state index is -0.0754. The molecular formula is C10H11N3O2. The zero-order chi connectivity index (χ0) is 10.7. The van der Waals surface area contributed by atoms with Gasteiger partial charge in [-0.05, 0) is 12.1 Å². The zero-order valence-electron chi connectivity index (χ0n) is 8.05. The highest BCUT2D eigenvalue weighted by Gasteiger charge is 2.05. The summed E-state index contributed by atoms with van der Waals surface area (Å²) in [6.45, 7) is 0.0885. The Labute approximate surface area is 86.5 Å². The first-order chi connectivity index (χ1) is 7.31. The molecule has 5 heteroatoms. The molecule has 0 aliphatic carbocycles. The Morgan fingerprint density at radius 3 is 2.53 bits per heavy atom. The average molecular weight is 205 g/mol. The van der Waals surface area contributed by atoms with Crippen molar-refractivity contribution in [2.45, 2.75) is 0 Å². The Hall–Kier alpha value is -1.88. The molecule has 2 rings (SSSR count). The zero-order valence-corrected chi connectivity index (χ0v) is 8.05. The van der Waals surface area contributed by atoms with E-state index < -0.39 is 0 Å². The van der Waals surface area contributed by atoms with Crippen LogP contribution in [0.1, 0.15) is 0 Å². The first-order valence-electron chi connectivity index (χ1n) is 4.57. The summed E-state index contributed by atoms with van der Waals surface area (Å²) in [6.07, 6.45) is 0. The SMILES string of the molecule is Nc1nc2ccccc2nc1OCCO. The van der Waals surface area contributed by atoms with E-state index in [1.165, 1.54) is 0 Å². The number of nitrogens with two attached hydrogens (primary N) is 1. The molecule has 0 aliphatic rings. The lowest BCUT2D eigenvalue weighted by atomic mass is 10.3. The highest BCUT2D eigenvalue weighted by Crippen LogP contribution is 2.19. The number of hydrogen-bond donors (Lipinski definition) is 2. The molecule has 0 aliphatic heterocycles. The van der Waals surface area contributed by atoms with Gasteiger partial charge in [0.05, 0.1) is 17.6 Å². The number of nitrogen functional groups attached to an aromatic ring is 1. The second kappa shape index (κ2) is 4.10. The highest BCUT2D eigenvalue weighted by molar-refractivity contribution is 5.76. The van der Waals surface area contributed by atoms with Crippen LogP contribution in [0, 0.1) is 0 Å². The van der Waals surface area contributed by atoms with E-state index in [1.54, 1.807) is 0 Å². The third-order valence-electron chi connectivity index (χ3n) is 1.89. The second-order valence-electron chi connectivity index (χ2n) is 2.97. The number of anilines is 1. The Bertz CT molecular complexity index is 473. The third kappa shape index (κ3) is 1.97. The predicted molar refractivity (Wildman–Crippen MR) is 56.5 cm³/mol. The molecule has 0 saturated heterocycles. The van der Waals surface area contributed by atoms with Crippen molar-refractivity contribution in [2.24, 2.45) is 0 Å². The highest BCUT2D eigenvalue weighted by atomic mass is 16.5. The third-order valence-corrected chi connectivity index (χ3v) is 1.89. The van der Waals surface area contributed by atoms with Crippen LogP contribution >= 0.6 is 0 Å². The number of nitrogens with zero attached hydrogens (tertiary/aromatic N) is 2. The number of aromatic nitrogens is 2. The largest absolute Gasteiger partial charge is 0.473 e. The van der Waals surface area contributed by atoms with Gasteiger partial charge in [-0.3, -0.25) is 0 Å². The van der Waals surface area contributed by atoms with Crippen LogP contribution in [-0.4, -0.2) is 28.3 Å². The van der Waals surface area contributed by atoms with Crippen molar-refractivity contribution in [1.29, 1.82) is 0 Å². The maximum atomic E-state index is 8.62. The number of benzene rings is 1. The van der Waals surface area contributed by atoms with Gasteiger partial charge >= 0.3 is 0 Å². The molecule has 0 saturated carbocycles. The predicted octanol–water partition coefficient (Wildman–Crippen LogP) is 0.583. The van der Waals surface area contributed by atoms with E-state index in [9.17, 15) is 0 Å². The summed E-state index contributed by atoms with van der Waals surface area (Å²) in [4.78, 5) is 8.33. The van der Waals surface area contributed by atoms with E-state index in [0.717, 1.165) is 11.0 Å². The van der Waals surface area contributed by atoms with Crippen LogP contribution < -0.4 is 10.5 Å². The van der Waals surface area contributed by atoms with Gasteiger partial charge in [0.1, 0.15) is 6.61 Å². The molecule has 0 amide bonds. The van der Waals surface area contributed by atoms with E-state index >= 15 is 0 Å². The van der Waals surface area contributed by atoms with E-state index in [1.807, 2.05) is 24.3 Å². The Morgan fingerprint density at radius 1 is 1.20 bits per heavy atom. The summed E-state index contributed by atoms with van der Waals surface area (Å²) in [5, 5.41) is 8.62. The van der Waals surface area contributed by atoms with Gasteiger partial charge in [0.2, 0.25) is 0 Å². The molecule has 78 valence electrons. The van der Waals surface area contributed by atoms with Gasteiger partial charge in [-0.2, -0.15) is 0 Å². The Morgan fingerprint density at radius 2 is 1.87 bits per heavy atom. The van der Waals surface area contributed by atoms with Gasteiger partial charge < -0.3 is 15.6 Å². The number of ether oxygens (including phenoxy) is 1. The molecule has 1 aromatic carbocycles. The summed E-state index contributed by atoms with van der Waals surface area (Å²) in [5.74, 6) is 0.505. The molecule has 0 atom stereocenters. The van der Waals surface area contributed by atoms with Crippen LogP contribution in [0.4, 0.5) is 5.82 Å². The van der Waals surface area contributed by atoms with E-state index in [2.05, 4.69) is 9.97 Å². The number of hydrogen-bond acceptors (Lipinski definition) is 5. The molecule has 0 unspecified atom stereocenters. The van der Waals surface area contributed by atoms with Crippen molar-refractivity contribution in [3.05, 3.63) is 24.3 Å². The lowest BCUT2D eigenvalue weighted by Crippen LogP contribution is -2.06. The first kappa shape index (κ1) is 9.67. The average Bonchev–Trinajstić information content (AvgIpc) is 2.26. The lowest BCUT2D eigenvalue weighted by Gasteiger charge is -2.06. The quantitative estimate of drug-likeness (QED) is 0.766. The molecule has 2 aromatic rings. The normalized spacial score (nSPS) is 10.5. The molecule has 1 aromatic heterocycles. The number of rotatable bonds is 3. The van der Waals surface area contributed by atoms with Crippen LogP contribution in [0.5, 0.6) is 5.88 Å². The van der Waals surface area contributed by atoms with Crippen molar-refractivity contribution in [3.8, 4) is 5.88 Å². The molecule has 3 N–H and O–H groups in total. The molecule has 0 radical (unpaired) electrons. The summed E-state index contributed by atoms with van der Waals surface area (Å²) >= 11 is 0. The minimum absolute atomic E-state index is 0.0754. The maximum Gasteiger partial charge on any atom is 0.257 e. The first-order valence-corrected chi connectivity index (χ1v) is 4.57. The van der Waals surface area contributed by atoms with Gasteiger partial charge in [-0.1, -0.05) is 12.1 Å². The van der Waals surface area contributed by atoms with Gasteiger partial charge in [0.25, 0.3) is 5.88 Å². The molecule has 1 heterocycles. The van der Waals surface area contributed by atoms with Crippen molar-refractivity contribution in [3.63, 3.8) is 0 Å². The fraction of sp³-hybridized carbons (Fsp3) is 0.200. The molecule has 0 bridgehead atoms. The lowest BCUT2D eigenvalue weighted by molar-refractivity contribution is 0.197. The van der Waals surface area contributed by atoms with Gasteiger partial charge in [0.15, 0.2) is 5.82 Å². The summed E-state index contributed by atoms with van der Waals surface area (Å²) in [6, 6.07) is 7.38. The number of aliphatic hydroxyl groups excluding tert-OH is 1. The van der Waals surface area contributed by atoms with Gasteiger partial charge in [0, 0.05) is 0 Å². The molecular weight excluding hydrogens is 194 g/mol. The number of para-hydroxylation sites is 2. The minimum Gasteiger partial charge on any atom is -0.473 e. The van der Waals surface area contributed by atoms with E-state index in [4.69, 9.17) is 15.6 Å². The van der Waals surface area contributed by atoms with Gasteiger partial charge in [-0.15, -0.1) is 0 Å². The summed E-state index contributed by atoms with van der Waals surface area (Å²) in [7, 11) is 0. The van der Waals surface area contributed by atoms with E-state index in [-0.39, 0.29) is 24.9 Å². The summed E-state index contributed by atoms with van der Waals surface area (Å²) in [5.41, 5.74) is 7.10. The maximum absolute atomic E-state index is 8.62. The number of fused-ring (bicyclic) bond motifs is 1. The van der Waals surface area contributed by atoms with Crippen LogP contribution in [-0.2, 0) is 0 Å². The van der Waals surface area contributed by atoms with Crippen LogP contribution in [0.15, 0.2) is 24.3 Å². The second-order valence-corrected chi connectivity index (χ2v) is 2.97. The smallest absolute Gasteiger partial charge is 0.257 e. The topological polar surface area (TPSA) is 81.3 Å². The van der Waals surface area contributed by atoms with E-state index in [0.29, 0.717) is 0 Å². The van der Waals surface area contributed by atoms with Crippen LogP contribution in [0.2, 0.25) is 0 Å². The van der Waals surface area contributed by atoms with Crippen molar-refractivity contribution < 1.29 is 9.84 Å². The fourth-order valence-corrected chi connectivity index (χ4v) is 1.25. The molecule has 5 nitrogen and oxygen atoms in total. The molecule has 0 spiro atoms. The monoisotopic (exact) mass is 205 g/mol. The standard InChI is InChI=1S/C10H11N3O2/c11-9-10(15-6-5-14)13-8-4-2-1-3-7(8)12-9/h1-4,14H,5-6H2,(H2,11,12). The van der Waals surface area contributed by atoms with Crippen molar-refractivity contribution in [2.75, 3.05) is 18.9 Å². The van der Waals surface area contributed by atoms with Crippen LogP contribution in [0.3, 0.4) is 0 Å². The molecule has 15 heavy (non-hydrogen) atoms. The van der Waals surface area contributed by atoms with Crippen LogP contribution in [0.25, 0.3) is 11.0 Å². The molecule has 0 fully saturated rings.